The van der Waals surface area contributed by atoms with Crippen molar-refractivity contribution in [2.45, 2.75) is 30.1 Å². The maximum atomic E-state index is 12.5. The normalized spacial score (nSPS) is 15.0. The van der Waals surface area contributed by atoms with E-state index in [9.17, 15) is 26.4 Å². The van der Waals surface area contributed by atoms with Crippen LogP contribution >= 0.6 is 0 Å². The molecule has 33 heavy (non-hydrogen) atoms. The Labute approximate surface area is 193 Å². The predicted molar refractivity (Wildman–Crippen MR) is 122 cm³/mol. The third kappa shape index (κ3) is 6.23. The van der Waals surface area contributed by atoms with E-state index in [4.69, 9.17) is 0 Å². The molecule has 2 aromatic rings. The van der Waals surface area contributed by atoms with Gasteiger partial charge < -0.3 is 9.80 Å². The van der Waals surface area contributed by atoms with Gasteiger partial charge in [-0.25, -0.2) is 35.9 Å². The lowest BCUT2D eigenvalue weighted by molar-refractivity contribution is 0.197. The second kappa shape index (κ2) is 9.79. The van der Waals surface area contributed by atoms with Gasteiger partial charge in [-0.15, -0.1) is 0 Å². The molecule has 0 unspecified atom stereocenters. The van der Waals surface area contributed by atoms with Crippen molar-refractivity contribution in [1.82, 2.24) is 19.2 Å². The zero-order valence-corrected chi connectivity index (χ0v) is 19.9. The van der Waals surface area contributed by atoms with Crippen molar-refractivity contribution in [1.29, 1.82) is 0 Å². The van der Waals surface area contributed by atoms with Crippen molar-refractivity contribution in [3.63, 3.8) is 0 Å². The fourth-order valence-corrected chi connectivity index (χ4v) is 5.18. The van der Waals surface area contributed by atoms with Gasteiger partial charge in [0.15, 0.2) is 0 Å². The number of carbonyl (C=O) groups excluding carboxylic acids is 2. The van der Waals surface area contributed by atoms with Crippen LogP contribution in [0.2, 0.25) is 0 Å². The van der Waals surface area contributed by atoms with E-state index < -0.39 is 32.1 Å². The van der Waals surface area contributed by atoms with Gasteiger partial charge >= 0.3 is 12.1 Å². The lowest BCUT2D eigenvalue weighted by atomic mass is 10.2. The highest BCUT2D eigenvalue weighted by atomic mass is 32.2. The Balaban J connectivity index is 1.60. The minimum atomic E-state index is -4.04. The first-order valence-corrected chi connectivity index (χ1v) is 13.2. The van der Waals surface area contributed by atoms with Crippen molar-refractivity contribution < 1.29 is 26.4 Å². The van der Waals surface area contributed by atoms with Crippen LogP contribution in [0.1, 0.15) is 17.5 Å². The number of aryl methyl sites for hydroxylation is 2. The Bertz CT molecular complexity index is 1130. The van der Waals surface area contributed by atoms with E-state index >= 15 is 0 Å². The second-order valence-electron chi connectivity index (χ2n) is 7.78. The molecule has 1 heterocycles. The summed E-state index contributed by atoms with van der Waals surface area (Å²) in [5, 5.41) is 0. The first kappa shape index (κ1) is 24.5. The standard InChI is InChI=1S/C21H26N4O6S2/c1-16-4-8-18(9-5-16)32(28,29)22-20(26)24-12-3-13-25(15-14-24)21(27)23-33(30,31)19-10-6-17(2)7-11-19/h4-11H,3,12-15H2,1-2H3,(H,22,26)(H,23,27). The van der Waals surface area contributed by atoms with E-state index in [1.165, 1.54) is 34.1 Å². The number of hydrogen-bond donors (Lipinski definition) is 2. The number of carbonyl (C=O) groups is 2. The molecule has 0 radical (unpaired) electrons. The van der Waals surface area contributed by atoms with Crippen LogP contribution in [0.15, 0.2) is 58.3 Å². The quantitative estimate of drug-likeness (QED) is 0.666. The molecule has 2 aromatic carbocycles. The number of sulfonamides is 2. The molecule has 3 rings (SSSR count). The van der Waals surface area contributed by atoms with Crippen LogP contribution < -0.4 is 9.44 Å². The topological polar surface area (TPSA) is 133 Å². The maximum Gasteiger partial charge on any atom is 0.331 e. The zero-order chi connectivity index (χ0) is 24.2. The molecule has 1 saturated heterocycles. The second-order valence-corrected chi connectivity index (χ2v) is 11.1. The minimum Gasteiger partial charge on any atom is -0.322 e. The number of amides is 4. The van der Waals surface area contributed by atoms with Crippen LogP contribution in [0.4, 0.5) is 9.59 Å². The summed E-state index contributed by atoms with van der Waals surface area (Å²) in [5.41, 5.74) is 1.77. The summed E-state index contributed by atoms with van der Waals surface area (Å²) >= 11 is 0. The number of nitrogens with zero attached hydrogens (tertiary/aromatic N) is 2. The number of rotatable bonds is 4. The molecule has 12 heteroatoms. The molecule has 0 aliphatic carbocycles. The van der Waals surface area contributed by atoms with E-state index in [1.807, 2.05) is 23.3 Å². The van der Waals surface area contributed by atoms with Crippen LogP contribution in [-0.4, -0.2) is 64.9 Å². The molecule has 1 aliphatic heterocycles. The Morgan fingerprint density at radius 2 is 0.970 bits per heavy atom. The van der Waals surface area contributed by atoms with E-state index in [-0.39, 0.29) is 36.0 Å². The number of nitrogens with one attached hydrogen (secondary N) is 2. The average molecular weight is 495 g/mol. The Morgan fingerprint density at radius 3 is 1.30 bits per heavy atom. The lowest BCUT2D eigenvalue weighted by Crippen LogP contribution is -2.46. The highest BCUT2D eigenvalue weighted by Crippen LogP contribution is 2.13. The third-order valence-electron chi connectivity index (χ3n) is 5.18. The van der Waals surface area contributed by atoms with Crippen LogP contribution in [0.5, 0.6) is 0 Å². The van der Waals surface area contributed by atoms with Gasteiger partial charge in [-0.3, -0.25) is 0 Å². The van der Waals surface area contributed by atoms with Gasteiger partial charge in [0, 0.05) is 26.2 Å². The van der Waals surface area contributed by atoms with E-state index in [2.05, 4.69) is 0 Å². The Hall–Kier alpha value is -3.12. The van der Waals surface area contributed by atoms with Crippen LogP contribution in [-0.2, 0) is 20.0 Å². The van der Waals surface area contributed by atoms with Crippen molar-refractivity contribution in [2.75, 3.05) is 26.2 Å². The van der Waals surface area contributed by atoms with E-state index in [1.54, 1.807) is 24.3 Å². The summed E-state index contributed by atoms with van der Waals surface area (Å²) in [5.74, 6) is 0. The molecular weight excluding hydrogens is 468 g/mol. The first-order valence-electron chi connectivity index (χ1n) is 10.2. The summed E-state index contributed by atoms with van der Waals surface area (Å²) in [6, 6.07) is 10.6. The van der Waals surface area contributed by atoms with Gasteiger partial charge in [-0.05, 0) is 44.5 Å². The fraction of sp³-hybridized carbons (Fsp3) is 0.333. The summed E-state index contributed by atoms with van der Waals surface area (Å²) in [6.07, 6.45) is 0.357. The molecular formula is C21H26N4O6S2. The zero-order valence-electron chi connectivity index (χ0n) is 18.3. The number of benzene rings is 2. The molecule has 1 aliphatic rings. The molecule has 0 atom stereocenters. The number of urea groups is 2. The largest absolute Gasteiger partial charge is 0.331 e. The molecule has 10 nitrogen and oxygen atoms in total. The van der Waals surface area contributed by atoms with Crippen molar-refractivity contribution in [2.24, 2.45) is 0 Å². The smallest absolute Gasteiger partial charge is 0.322 e. The Kier molecular flexibility index (Phi) is 7.28. The molecule has 0 spiro atoms. The van der Waals surface area contributed by atoms with E-state index in [0.29, 0.717) is 6.42 Å². The molecule has 1 fully saturated rings. The SMILES string of the molecule is Cc1ccc(S(=O)(=O)NC(=O)N2CCCN(C(=O)NS(=O)(=O)c3ccc(C)cc3)CC2)cc1. The van der Waals surface area contributed by atoms with Gasteiger partial charge in [-0.2, -0.15) is 0 Å². The lowest BCUT2D eigenvalue weighted by Gasteiger charge is -2.22. The highest BCUT2D eigenvalue weighted by molar-refractivity contribution is 7.90. The van der Waals surface area contributed by atoms with Crippen molar-refractivity contribution >= 4 is 32.1 Å². The summed E-state index contributed by atoms with van der Waals surface area (Å²) < 4.78 is 54.0. The molecule has 2 N–H and O–H groups in total. The average Bonchev–Trinajstić information content (AvgIpc) is 3.00. The van der Waals surface area contributed by atoms with Gasteiger partial charge in [0.1, 0.15) is 0 Å². The van der Waals surface area contributed by atoms with Gasteiger partial charge in [0.25, 0.3) is 20.0 Å². The molecule has 0 saturated carbocycles. The van der Waals surface area contributed by atoms with Crippen LogP contribution in [0, 0.1) is 13.8 Å². The van der Waals surface area contributed by atoms with Crippen molar-refractivity contribution in [3.05, 3.63) is 59.7 Å². The minimum absolute atomic E-state index is 0.0291. The summed E-state index contributed by atoms with van der Waals surface area (Å²) in [4.78, 5) is 27.6. The number of hydrogen-bond acceptors (Lipinski definition) is 6. The molecule has 178 valence electrons. The fourth-order valence-electron chi connectivity index (χ4n) is 3.24. The van der Waals surface area contributed by atoms with Gasteiger partial charge in [0.05, 0.1) is 9.79 Å². The maximum absolute atomic E-state index is 12.5. The summed E-state index contributed by atoms with van der Waals surface area (Å²) in [7, 11) is -8.08. The summed E-state index contributed by atoms with van der Waals surface area (Å²) in [6.45, 7) is 4.16. The predicted octanol–water partition coefficient (Wildman–Crippen LogP) is 1.81. The third-order valence-corrected chi connectivity index (χ3v) is 7.85. The van der Waals surface area contributed by atoms with Crippen LogP contribution in [0.25, 0.3) is 0 Å². The highest BCUT2D eigenvalue weighted by Gasteiger charge is 2.27. The Morgan fingerprint density at radius 1 is 0.636 bits per heavy atom. The van der Waals surface area contributed by atoms with Gasteiger partial charge in [-0.1, -0.05) is 35.4 Å². The van der Waals surface area contributed by atoms with E-state index in [0.717, 1.165) is 11.1 Å². The van der Waals surface area contributed by atoms with Crippen LogP contribution in [0.3, 0.4) is 0 Å². The van der Waals surface area contributed by atoms with Crippen molar-refractivity contribution in [3.8, 4) is 0 Å². The molecule has 4 amide bonds. The molecule has 0 aromatic heterocycles. The first-order chi connectivity index (χ1) is 15.5. The molecule has 0 bridgehead atoms. The monoisotopic (exact) mass is 494 g/mol. The van der Waals surface area contributed by atoms with Gasteiger partial charge in [0.2, 0.25) is 0 Å².